The van der Waals surface area contributed by atoms with Gasteiger partial charge in [0, 0.05) is 17.2 Å². The van der Waals surface area contributed by atoms with E-state index in [2.05, 4.69) is 17.1 Å². The topological polar surface area (TPSA) is 80.4 Å². The van der Waals surface area contributed by atoms with Crippen molar-refractivity contribution in [3.63, 3.8) is 0 Å². The summed E-state index contributed by atoms with van der Waals surface area (Å²) in [6, 6.07) is 10.7. The Hall–Kier alpha value is -2.76. The minimum Gasteiger partial charge on any atom is -0.507 e. The number of hydrogen-bond donors (Lipinski definition) is 2. The maximum Gasteiger partial charge on any atom is 0.127 e. The number of nitrogens with zero attached hydrogens (tertiary/aromatic N) is 3. The Balaban J connectivity index is 1.64. The zero-order chi connectivity index (χ0) is 18.4. The average molecular weight is 355 g/mol. The van der Waals surface area contributed by atoms with Crippen LogP contribution in [0.15, 0.2) is 36.4 Å². The zero-order valence-electron chi connectivity index (χ0n) is 15.1. The second kappa shape index (κ2) is 8.56. The molecule has 0 unspecified atom stereocenters. The van der Waals surface area contributed by atoms with Crippen LogP contribution in [-0.4, -0.2) is 32.1 Å². The molecule has 0 atom stereocenters. The van der Waals surface area contributed by atoms with Crippen molar-refractivity contribution in [2.75, 3.05) is 6.61 Å². The van der Waals surface area contributed by atoms with E-state index in [1.54, 1.807) is 18.2 Å². The van der Waals surface area contributed by atoms with E-state index >= 15 is 0 Å². The van der Waals surface area contributed by atoms with Crippen molar-refractivity contribution in [3.05, 3.63) is 36.4 Å². The van der Waals surface area contributed by atoms with Crippen LogP contribution in [0, 0.1) is 0 Å². The van der Waals surface area contributed by atoms with Gasteiger partial charge in [0.2, 0.25) is 0 Å². The molecule has 0 fully saturated rings. The Bertz CT molecular complexity index is 861. The Kier molecular flexibility index (Phi) is 5.94. The van der Waals surface area contributed by atoms with Gasteiger partial charge in [0.15, 0.2) is 0 Å². The van der Waals surface area contributed by atoms with E-state index in [0.29, 0.717) is 39.5 Å². The second-order valence-corrected chi connectivity index (χ2v) is 6.44. The average Bonchev–Trinajstić information content (AvgIpc) is 3.01. The van der Waals surface area contributed by atoms with Crippen molar-refractivity contribution in [3.8, 4) is 22.6 Å². The highest BCUT2D eigenvalue weighted by molar-refractivity contribution is 5.93. The van der Waals surface area contributed by atoms with Crippen molar-refractivity contribution < 1.29 is 15.1 Å². The largest absolute Gasteiger partial charge is 0.507 e. The van der Waals surface area contributed by atoms with E-state index in [9.17, 15) is 10.3 Å². The maximum atomic E-state index is 10.4. The molecule has 0 amide bonds. The highest BCUT2D eigenvalue weighted by Gasteiger charge is 2.13. The van der Waals surface area contributed by atoms with Gasteiger partial charge in [-0.2, -0.15) is 0 Å². The summed E-state index contributed by atoms with van der Waals surface area (Å²) in [4.78, 5) is 0.545. The van der Waals surface area contributed by atoms with Crippen LogP contribution in [0.4, 0.5) is 0 Å². The predicted molar refractivity (Wildman–Crippen MR) is 101 cm³/mol. The summed E-state index contributed by atoms with van der Waals surface area (Å²) in [7, 11) is 0. The van der Waals surface area contributed by atoms with Crippen molar-refractivity contribution >= 4 is 11.0 Å². The van der Waals surface area contributed by atoms with Crippen LogP contribution in [0.1, 0.15) is 45.4 Å². The van der Waals surface area contributed by atoms with E-state index < -0.39 is 0 Å². The molecule has 2 N–H and O–H groups in total. The predicted octanol–water partition coefficient (Wildman–Crippen LogP) is 4.78. The molecule has 0 spiro atoms. The number of rotatable bonds is 9. The molecule has 26 heavy (non-hydrogen) atoms. The van der Waals surface area contributed by atoms with E-state index in [1.165, 1.54) is 32.1 Å². The number of benzene rings is 2. The molecular formula is C20H25N3O3. The minimum atomic E-state index is 0.116. The molecule has 3 rings (SSSR count). The number of aromatic hydroxyl groups is 1. The molecule has 0 radical (unpaired) electrons. The van der Waals surface area contributed by atoms with Gasteiger partial charge < -0.3 is 15.1 Å². The third-order valence-corrected chi connectivity index (χ3v) is 4.43. The lowest BCUT2D eigenvalue weighted by Crippen LogP contribution is -1.97. The fourth-order valence-electron chi connectivity index (χ4n) is 3.04. The van der Waals surface area contributed by atoms with E-state index in [4.69, 9.17) is 4.74 Å². The third-order valence-electron chi connectivity index (χ3n) is 4.43. The lowest BCUT2D eigenvalue weighted by Gasteiger charge is -2.10. The van der Waals surface area contributed by atoms with Crippen LogP contribution in [-0.2, 0) is 0 Å². The van der Waals surface area contributed by atoms with Gasteiger partial charge in [-0.25, -0.2) is 0 Å². The second-order valence-electron chi connectivity index (χ2n) is 6.44. The van der Waals surface area contributed by atoms with Crippen LogP contribution in [0.3, 0.4) is 0 Å². The number of phenols is 1. The number of phenolic OH excluding ortho intramolecular Hbond substituents is 1. The van der Waals surface area contributed by atoms with Gasteiger partial charge in [-0.15, -0.1) is 10.2 Å². The Morgan fingerprint density at radius 3 is 2.58 bits per heavy atom. The molecule has 1 heterocycles. The molecule has 0 saturated heterocycles. The molecule has 1 aromatic heterocycles. The van der Waals surface area contributed by atoms with E-state index in [0.717, 1.165) is 6.42 Å². The maximum absolute atomic E-state index is 10.4. The highest BCUT2D eigenvalue weighted by atomic mass is 16.5. The lowest BCUT2D eigenvalue weighted by molar-refractivity contribution is 0.113. The molecule has 3 aromatic rings. The summed E-state index contributed by atoms with van der Waals surface area (Å²) in [5.74, 6) is 0.767. The summed E-state index contributed by atoms with van der Waals surface area (Å²) in [6.07, 6.45) is 7.28. The van der Waals surface area contributed by atoms with Gasteiger partial charge in [0.05, 0.1) is 6.61 Å². The Morgan fingerprint density at radius 2 is 1.77 bits per heavy atom. The first-order valence-corrected chi connectivity index (χ1v) is 9.20. The monoisotopic (exact) mass is 355 g/mol. The van der Waals surface area contributed by atoms with E-state index in [1.807, 2.05) is 18.2 Å². The number of fused-ring (bicyclic) bond motifs is 1. The first-order chi connectivity index (χ1) is 12.7. The molecule has 0 aliphatic carbocycles. The third kappa shape index (κ3) is 4.25. The van der Waals surface area contributed by atoms with Crippen LogP contribution >= 0.6 is 0 Å². The Labute approximate surface area is 153 Å². The number of aromatic nitrogens is 3. The first kappa shape index (κ1) is 18.0. The summed E-state index contributed by atoms with van der Waals surface area (Å²) < 4.78 is 5.74. The van der Waals surface area contributed by atoms with E-state index in [-0.39, 0.29) is 5.75 Å². The fourth-order valence-corrected chi connectivity index (χ4v) is 3.04. The van der Waals surface area contributed by atoms with Crippen molar-refractivity contribution in [2.45, 2.75) is 45.4 Å². The highest BCUT2D eigenvalue weighted by Crippen LogP contribution is 2.35. The van der Waals surface area contributed by atoms with Crippen molar-refractivity contribution in [1.29, 1.82) is 0 Å². The zero-order valence-corrected chi connectivity index (χ0v) is 15.1. The summed E-state index contributed by atoms with van der Waals surface area (Å²) in [5, 5.41) is 27.7. The summed E-state index contributed by atoms with van der Waals surface area (Å²) in [6.45, 7) is 2.87. The lowest BCUT2D eigenvalue weighted by atomic mass is 10.0. The summed E-state index contributed by atoms with van der Waals surface area (Å²) >= 11 is 0. The van der Waals surface area contributed by atoms with Crippen molar-refractivity contribution in [1.82, 2.24) is 15.2 Å². The molecule has 0 saturated carbocycles. The molecule has 138 valence electrons. The summed E-state index contributed by atoms with van der Waals surface area (Å²) in [5.41, 5.74) is 2.43. The normalized spacial score (nSPS) is 11.1. The molecule has 6 nitrogen and oxygen atoms in total. The number of hydrogen-bond acceptors (Lipinski definition) is 5. The molecular weight excluding hydrogens is 330 g/mol. The fraction of sp³-hybridized carbons (Fsp3) is 0.400. The minimum absolute atomic E-state index is 0.116. The van der Waals surface area contributed by atoms with Crippen LogP contribution in [0.2, 0.25) is 0 Å². The van der Waals surface area contributed by atoms with Gasteiger partial charge in [-0.3, -0.25) is 0 Å². The Morgan fingerprint density at radius 1 is 0.962 bits per heavy atom. The van der Waals surface area contributed by atoms with Crippen molar-refractivity contribution in [2.24, 2.45) is 0 Å². The first-order valence-electron chi connectivity index (χ1n) is 9.20. The van der Waals surface area contributed by atoms with Crippen LogP contribution < -0.4 is 4.74 Å². The van der Waals surface area contributed by atoms with Gasteiger partial charge in [0.25, 0.3) is 0 Å². The number of unbranched alkanes of at least 4 members (excludes halogenated alkanes) is 5. The van der Waals surface area contributed by atoms with Gasteiger partial charge in [-0.1, -0.05) is 51.2 Å². The molecule has 2 aromatic carbocycles. The van der Waals surface area contributed by atoms with Gasteiger partial charge >= 0.3 is 0 Å². The van der Waals surface area contributed by atoms with Gasteiger partial charge in [-0.05, 0) is 29.6 Å². The molecule has 0 aliphatic rings. The molecule has 6 heteroatoms. The number of ether oxygens (including phenoxy) is 1. The van der Waals surface area contributed by atoms with Crippen LogP contribution in [0.5, 0.6) is 11.5 Å². The quantitative estimate of drug-likeness (QED) is 0.426. The standard InChI is InChI=1S/C20H25N3O3/c1-2-3-4-5-6-7-13-26-15-11-12-16(19(24)14-15)17-9-8-10-18-20(17)22-23(25)21-18/h8-12,14,24-25H,2-7,13H2,1H3. The molecule has 0 bridgehead atoms. The van der Waals surface area contributed by atoms with Crippen LogP contribution in [0.25, 0.3) is 22.2 Å². The smallest absolute Gasteiger partial charge is 0.127 e. The van der Waals surface area contributed by atoms with Gasteiger partial charge in [0.1, 0.15) is 22.5 Å². The SMILES string of the molecule is CCCCCCCCOc1ccc(-c2cccc3nn(O)nc23)c(O)c1. The molecule has 0 aliphatic heterocycles.